The summed E-state index contributed by atoms with van der Waals surface area (Å²) < 4.78 is 10.7. The number of aryl methyl sites for hydroxylation is 1. The number of ether oxygens (including phenoxy) is 2. The van der Waals surface area contributed by atoms with E-state index in [1.807, 2.05) is 26.8 Å². The van der Waals surface area contributed by atoms with Gasteiger partial charge in [-0.3, -0.25) is 0 Å². The normalized spacial score (nSPS) is 18.5. The molecule has 2 aromatic rings. The van der Waals surface area contributed by atoms with E-state index >= 15 is 0 Å². The standard InChI is InChI=1S/C27H33NO4/c1-17-14-23(19-12-13-28(16-19)26(30)32-27(2,3)4)24(25(29)31-5)15-22(17)21-9-7-6-8-20(21)18-10-11-18/h6-9,14-15,18-19H,10-13,16H2,1-5H3. The molecule has 1 saturated carbocycles. The van der Waals surface area contributed by atoms with Gasteiger partial charge in [0.05, 0.1) is 12.7 Å². The minimum atomic E-state index is -0.528. The molecule has 1 unspecified atom stereocenters. The number of carbonyl (C=O) groups is 2. The number of nitrogens with zero attached hydrogens (tertiary/aromatic N) is 1. The van der Waals surface area contributed by atoms with Crippen molar-refractivity contribution >= 4 is 12.1 Å². The van der Waals surface area contributed by atoms with E-state index in [1.54, 1.807) is 4.90 Å². The van der Waals surface area contributed by atoms with Crippen molar-refractivity contribution in [1.82, 2.24) is 4.90 Å². The van der Waals surface area contributed by atoms with Gasteiger partial charge in [-0.05, 0) is 86.8 Å². The van der Waals surface area contributed by atoms with E-state index < -0.39 is 5.60 Å². The van der Waals surface area contributed by atoms with Gasteiger partial charge in [0.2, 0.25) is 0 Å². The first-order valence-electron chi connectivity index (χ1n) is 11.5. The molecule has 1 heterocycles. The van der Waals surface area contributed by atoms with Crippen molar-refractivity contribution < 1.29 is 19.1 Å². The van der Waals surface area contributed by atoms with Crippen LogP contribution in [-0.2, 0) is 9.47 Å². The van der Waals surface area contributed by atoms with Crippen LogP contribution in [0.3, 0.4) is 0 Å². The number of benzene rings is 2. The Morgan fingerprint density at radius 2 is 1.69 bits per heavy atom. The molecule has 0 radical (unpaired) electrons. The van der Waals surface area contributed by atoms with Gasteiger partial charge in [0.15, 0.2) is 0 Å². The summed E-state index contributed by atoms with van der Waals surface area (Å²) in [5.41, 5.74) is 5.79. The summed E-state index contributed by atoms with van der Waals surface area (Å²) in [6, 6.07) is 12.6. The maximum atomic E-state index is 12.8. The lowest BCUT2D eigenvalue weighted by atomic mass is 9.86. The van der Waals surface area contributed by atoms with E-state index in [9.17, 15) is 9.59 Å². The first kappa shape index (κ1) is 22.4. The van der Waals surface area contributed by atoms with Crippen LogP contribution in [0.25, 0.3) is 11.1 Å². The SMILES string of the molecule is COC(=O)c1cc(-c2ccccc2C2CC2)c(C)cc1C1CCN(C(=O)OC(C)(C)C)C1. The summed E-state index contributed by atoms with van der Waals surface area (Å²) in [5, 5.41) is 0. The van der Waals surface area contributed by atoms with Gasteiger partial charge in [0.1, 0.15) is 5.60 Å². The largest absolute Gasteiger partial charge is 0.465 e. The third-order valence-corrected chi connectivity index (χ3v) is 6.35. The topological polar surface area (TPSA) is 55.8 Å². The molecule has 2 fully saturated rings. The summed E-state index contributed by atoms with van der Waals surface area (Å²) in [6.07, 6.45) is 2.94. The molecule has 1 aliphatic carbocycles. The second-order valence-corrected chi connectivity index (χ2v) is 10.0. The zero-order chi connectivity index (χ0) is 23.0. The van der Waals surface area contributed by atoms with Gasteiger partial charge >= 0.3 is 12.1 Å². The molecule has 0 N–H and O–H groups in total. The molecule has 0 bridgehead atoms. The quantitative estimate of drug-likeness (QED) is 0.549. The number of methoxy groups -OCH3 is 1. The fourth-order valence-electron chi connectivity index (χ4n) is 4.64. The number of rotatable bonds is 4. The van der Waals surface area contributed by atoms with Crippen LogP contribution in [0.2, 0.25) is 0 Å². The monoisotopic (exact) mass is 435 g/mol. The van der Waals surface area contributed by atoms with E-state index in [0.717, 1.165) is 23.1 Å². The number of amides is 1. The van der Waals surface area contributed by atoms with Crippen LogP contribution < -0.4 is 0 Å². The lowest BCUT2D eigenvalue weighted by Gasteiger charge is -2.25. The highest BCUT2D eigenvalue weighted by atomic mass is 16.6. The lowest BCUT2D eigenvalue weighted by molar-refractivity contribution is 0.0292. The Balaban J connectivity index is 1.68. The molecule has 170 valence electrons. The highest BCUT2D eigenvalue weighted by Gasteiger charge is 2.33. The molecule has 4 rings (SSSR count). The molecule has 2 aromatic carbocycles. The Morgan fingerprint density at radius 1 is 0.969 bits per heavy atom. The van der Waals surface area contributed by atoms with Gasteiger partial charge in [0.25, 0.3) is 0 Å². The minimum Gasteiger partial charge on any atom is -0.465 e. The Morgan fingerprint density at radius 3 is 2.34 bits per heavy atom. The lowest BCUT2D eigenvalue weighted by Crippen LogP contribution is -2.35. The molecule has 0 aromatic heterocycles. The van der Waals surface area contributed by atoms with Crippen molar-refractivity contribution in [3.8, 4) is 11.1 Å². The maximum absolute atomic E-state index is 12.8. The van der Waals surface area contributed by atoms with Crippen LogP contribution in [0.5, 0.6) is 0 Å². The third-order valence-electron chi connectivity index (χ3n) is 6.35. The van der Waals surface area contributed by atoms with Crippen LogP contribution in [0.1, 0.15) is 78.9 Å². The van der Waals surface area contributed by atoms with Crippen LogP contribution in [-0.4, -0.2) is 42.8 Å². The first-order valence-corrected chi connectivity index (χ1v) is 11.5. The van der Waals surface area contributed by atoms with Crippen molar-refractivity contribution in [2.45, 2.75) is 64.4 Å². The number of hydrogen-bond acceptors (Lipinski definition) is 4. The van der Waals surface area contributed by atoms with Crippen LogP contribution in [0.4, 0.5) is 4.79 Å². The zero-order valence-electron chi connectivity index (χ0n) is 19.7. The van der Waals surface area contributed by atoms with Gasteiger partial charge in [0, 0.05) is 19.0 Å². The highest BCUT2D eigenvalue weighted by molar-refractivity contribution is 5.94. The predicted octanol–water partition coefficient (Wildman–Crippen LogP) is 6.05. The Bertz CT molecular complexity index is 1030. The summed E-state index contributed by atoms with van der Waals surface area (Å²) in [7, 11) is 1.42. The summed E-state index contributed by atoms with van der Waals surface area (Å²) in [4.78, 5) is 27.1. The average molecular weight is 436 g/mol. The average Bonchev–Trinajstić information content (AvgIpc) is 3.47. The Hall–Kier alpha value is -2.82. The maximum Gasteiger partial charge on any atom is 0.410 e. The molecule has 1 atom stereocenters. The molecule has 1 aliphatic heterocycles. The molecule has 32 heavy (non-hydrogen) atoms. The Labute approximate surface area is 190 Å². The van der Waals surface area contributed by atoms with E-state index in [2.05, 4.69) is 37.3 Å². The molecule has 1 saturated heterocycles. The smallest absolute Gasteiger partial charge is 0.410 e. The van der Waals surface area contributed by atoms with Gasteiger partial charge in [-0.1, -0.05) is 30.3 Å². The number of esters is 1. The minimum absolute atomic E-state index is 0.0723. The van der Waals surface area contributed by atoms with E-state index in [1.165, 1.54) is 31.1 Å². The van der Waals surface area contributed by atoms with Crippen LogP contribution >= 0.6 is 0 Å². The second kappa shape index (κ2) is 8.61. The van der Waals surface area contributed by atoms with Crippen molar-refractivity contribution in [2.75, 3.05) is 20.2 Å². The van der Waals surface area contributed by atoms with Gasteiger partial charge in [-0.15, -0.1) is 0 Å². The second-order valence-electron chi connectivity index (χ2n) is 10.0. The Kier molecular flexibility index (Phi) is 6.02. The fraction of sp³-hybridized carbons (Fsp3) is 0.481. The van der Waals surface area contributed by atoms with Crippen molar-refractivity contribution in [2.24, 2.45) is 0 Å². The van der Waals surface area contributed by atoms with Gasteiger partial charge in [-0.2, -0.15) is 0 Å². The first-order chi connectivity index (χ1) is 15.2. The highest BCUT2D eigenvalue weighted by Crippen LogP contribution is 2.45. The number of carbonyl (C=O) groups excluding carboxylic acids is 2. The molecule has 5 nitrogen and oxygen atoms in total. The molecule has 2 aliphatic rings. The third kappa shape index (κ3) is 4.67. The number of hydrogen-bond donors (Lipinski definition) is 0. The molecular formula is C27H33NO4. The van der Waals surface area contributed by atoms with Crippen molar-refractivity contribution in [3.63, 3.8) is 0 Å². The van der Waals surface area contributed by atoms with Crippen molar-refractivity contribution in [1.29, 1.82) is 0 Å². The van der Waals surface area contributed by atoms with Crippen LogP contribution in [0.15, 0.2) is 36.4 Å². The molecule has 1 amide bonds. The summed E-state index contributed by atoms with van der Waals surface area (Å²) in [5.74, 6) is 0.355. The summed E-state index contributed by atoms with van der Waals surface area (Å²) >= 11 is 0. The number of likely N-dealkylation sites (tertiary alicyclic amines) is 1. The summed E-state index contributed by atoms with van der Waals surface area (Å²) in [6.45, 7) is 8.87. The van der Waals surface area contributed by atoms with Gasteiger partial charge in [-0.25, -0.2) is 9.59 Å². The van der Waals surface area contributed by atoms with Gasteiger partial charge < -0.3 is 14.4 Å². The van der Waals surface area contributed by atoms with E-state index in [4.69, 9.17) is 9.47 Å². The van der Waals surface area contributed by atoms with Crippen molar-refractivity contribution in [3.05, 3.63) is 58.7 Å². The zero-order valence-corrected chi connectivity index (χ0v) is 19.7. The predicted molar refractivity (Wildman–Crippen MR) is 125 cm³/mol. The van der Waals surface area contributed by atoms with E-state index in [-0.39, 0.29) is 18.0 Å². The fourth-order valence-corrected chi connectivity index (χ4v) is 4.64. The molecular weight excluding hydrogens is 402 g/mol. The molecule has 0 spiro atoms. The molecule has 5 heteroatoms. The van der Waals surface area contributed by atoms with E-state index in [0.29, 0.717) is 24.6 Å². The van der Waals surface area contributed by atoms with Crippen LogP contribution in [0, 0.1) is 6.92 Å².